The number of nitrogens with one attached hydrogen (secondary N) is 2. The molecule has 36 heavy (non-hydrogen) atoms. The van der Waals surface area contributed by atoms with Crippen molar-refractivity contribution in [3.63, 3.8) is 0 Å². The molecule has 1 amide bonds. The van der Waals surface area contributed by atoms with E-state index in [1.807, 2.05) is 85.8 Å². The van der Waals surface area contributed by atoms with Gasteiger partial charge in [-0.05, 0) is 84.4 Å². The minimum Gasteiger partial charge on any atom is -0.497 e. The highest BCUT2D eigenvalue weighted by Crippen LogP contribution is 2.23. The maximum Gasteiger partial charge on any atom is 0.257 e. The Labute approximate surface area is 213 Å². The summed E-state index contributed by atoms with van der Waals surface area (Å²) < 4.78 is 5.21. The van der Waals surface area contributed by atoms with E-state index in [0.717, 1.165) is 39.3 Å². The first-order chi connectivity index (χ1) is 17.5. The summed E-state index contributed by atoms with van der Waals surface area (Å²) in [5.41, 5.74) is 6.60. The molecular formula is C28H23N5O2S. The van der Waals surface area contributed by atoms with Gasteiger partial charge in [-0.2, -0.15) is 4.80 Å². The number of carbonyl (C=O) groups is 1. The van der Waals surface area contributed by atoms with E-state index in [9.17, 15) is 4.79 Å². The topological polar surface area (TPSA) is 81.1 Å². The normalized spacial score (nSPS) is 10.7. The molecule has 5 aromatic rings. The summed E-state index contributed by atoms with van der Waals surface area (Å²) in [5.74, 6) is 0.483. The van der Waals surface area contributed by atoms with Crippen molar-refractivity contribution < 1.29 is 9.53 Å². The zero-order valence-corrected chi connectivity index (χ0v) is 20.5. The first-order valence-corrected chi connectivity index (χ1v) is 11.7. The Balaban J connectivity index is 1.28. The number of benzene rings is 4. The molecule has 4 aromatic carbocycles. The lowest BCUT2D eigenvalue weighted by Crippen LogP contribution is -2.34. The molecule has 2 N–H and O–H groups in total. The standard InChI is InChI=1S/C28H23N5O2S/c1-18-16-25-26(32-33(31-25)22-12-14-23(35-2)15-13-22)17-24(18)29-28(36)30-27(34)21-10-8-20(9-11-21)19-6-4-3-5-7-19/h3-17H,1-2H3,(H2,29,30,34,36). The Morgan fingerprint density at radius 2 is 1.50 bits per heavy atom. The molecule has 8 heteroatoms. The molecule has 0 bridgehead atoms. The highest BCUT2D eigenvalue weighted by Gasteiger charge is 2.12. The average Bonchev–Trinajstić information content (AvgIpc) is 3.32. The summed E-state index contributed by atoms with van der Waals surface area (Å²) in [6.07, 6.45) is 0. The summed E-state index contributed by atoms with van der Waals surface area (Å²) >= 11 is 5.41. The van der Waals surface area contributed by atoms with Gasteiger partial charge in [0.1, 0.15) is 16.8 Å². The van der Waals surface area contributed by atoms with E-state index >= 15 is 0 Å². The van der Waals surface area contributed by atoms with E-state index in [4.69, 9.17) is 17.0 Å². The number of amides is 1. The number of methoxy groups -OCH3 is 1. The molecule has 0 unspecified atom stereocenters. The lowest BCUT2D eigenvalue weighted by atomic mass is 10.0. The minimum absolute atomic E-state index is 0.206. The van der Waals surface area contributed by atoms with E-state index in [0.29, 0.717) is 11.1 Å². The molecule has 7 nitrogen and oxygen atoms in total. The van der Waals surface area contributed by atoms with Crippen LogP contribution in [0.2, 0.25) is 0 Å². The van der Waals surface area contributed by atoms with Gasteiger partial charge < -0.3 is 10.1 Å². The van der Waals surface area contributed by atoms with Gasteiger partial charge in [0.2, 0.25) is 0 Å². The van der Waals surface area contributed by atoms with Crippen molar-refractivity contribution in [1.82, 2.24) is 20.3 Å². The molecule has 5 rings (SSSR count). The molecule has 0 saturated carbocycles. The van der Waals surface area contributed by atoms with Crippen LogP contribution in [-0.2, 0) is 0 Å². The molecule has 0 aliphatic heterocycles. The van der Waals surface area contributed by atoms with Crippen molar-refractivity contribution in [3.8, 4) is 22.6 Å². The highest BCUT2D eigenvalue weighted by molar-refractivity contribution is 7.80. The van der Waals surface area contributed by atoms with Crippen LogP contribution in [0, 0.1) is 6.92 Å². The van der Waals surface area contributed by atoms with Crippen LogP contribution in [0.15, 0.2) is 91.0 Å². The number of rotatable bonds is 5. The predicted molar refractivity (Wildman–Crippen MR) is 146 cm³/mol. The van der Waals surface area contributed by atoms with Crippen molar-refractivity contribution in [1.29, 1.82) is 0 Å². The van der Waals surface area contributed by atoms with E-state index in [1.165, 1.54) is 0 Å². The van der Waals surface area contributed by atoms with Crippen LogP contribution < -0.4 is 15.4 Å². The lowest BCUT2D eigenvalue weighted by Gasteiger charge is -2.12. The molecule has 0 aliphatic rings. The van der Waals surface area contributed by atoms with Crippen LogP contribution in [0.1, 0.15) is 15.9 Å². The molecule has 178 valence electrons. The van der Waals surface area contributed by atoms with E-state index < -0.39 is 0 Å². The number of fused-ring (bicyclic) bond motifs is 1. The third-order valence-electron chi connectivity index (χ3n) is 5.76. The van der Waals surface area contributed by atoms with Crippen LogP contribution >= 0.6 is 12.2 Å². The third kappa shape index (κ3) is 4.94. The van der Waals surface area contributed by atoms with Crippen molar-refractivity contribution in [3.05, 3.63) is 102 Å². The van der Waals surface area contributed by atoms with E-state index in [-0.39, 0.29) is 11.0 Å². The molecule has 0 fully saturated rings. The maximum atomic E-state index is 12.7. The molecule has 0 radical (unpaired) electrons. The van der Waals surface area contributed by atoms with Crippen molar-refractivity contribution in [2.75, 3.05) is 12.4 Å². The van der Waals surface area contributed by atoms with Crippen LogP contribution in [0.5, 0.6) is 5.75 Å². The molecule has 0 aliphatic carbocycles. The zero-order chi connectivity index (χ0) is 25.1. The number of carbonyl (C=O) groups excluding carboxylic acids is 1. The molecule has 0 atom stereocenters. The van der Waals surface area contributed by atoms with Gasteiger partial charge in [-0.1, -0.05) is 42.5 Å². The second-order valence-corrected chi connectivity index (χ2v) is 8.60. The molecule has 0 saturated heterocycles. The Morgan fingerprint density at radius 1 is 0.861 bits per heavy atom. The van der Waals surface area contributed by atoms with Gasteiger partial charge in [0.25, 0.3) is 5.91 Å². The van der Waals surface area contributed by atoms with Crippen molar-refractivity contribution in [2.45, 2.75) is 6.92 Å². The van der Waals surface area contributed by atoms with Gasteiger partial charge in [-0.3, -0.25) is 10.1 Å². The first-order valence-electron chi connectivity index (χ1n) is 11.3. The largest absolute Gasteiger partial charge is 0.497 e. The Hall–Kier alpha value is -4.56. The van der Waals surface area contributed by atoms with Gasteiger partial charge in [0.05, 0.1) is 12.8 Å². The first kappa shape index (κ1) is 23.2. The zero-order valence-electron chi connectivity index (χ0n) is 19.7. The maximum absolute atomic E-state index is 12.7. The monoisotopic (exact) mass is 493 g/mol. The van der Waals surface area contributed by atoms with Gasteiger partial charge >= 0.3 is 0 Å². The molecular weight excluding hydrogens is 470 g/mol. The smallest absolute Gasteiger partial charge is 0.257 e. The summed E-state index contributed by atoms with van der Waals surface area (Å²) in [5, 5.41) is 15.2. The Bertz CT molecular complexity index is 1550. The van der Waals surface area contributed by atoms with Gasteiger partial charge in [-0.25, -0.2) is 0 Å². The second-order valence-electron chi connectivity index (χ2n) is 8.19. The fourth-order valence-corrected chi connectivity index (χ4v) is 4.01. The van der Waals surface area contributed by atoms with Gasteiger partial charge in [0, 0.05) is 11.3 Å². The van der Waals surface area contributed by atoms with E-state index in [2.05, 4.69) is 20.8 Å². The Morgan fingerprint density at radius 3 is 2.17 bits per heavy atom. The van der Waals surface area contributed by atoms with Crippen LogP contribution in [0.25, 0.3) is 27.8 Å². The average molecular weight is 494 g/mol. The molecule has 0 spiro atoms. The lowest BCUT2D eigenvalue weighted by molar-refractivity contribution is 0.0977. The predicted octanol–water partition coefficient (Wildman–Crippen LogP) is 5.53. The number of ether oxygens (including phenoxy) is 1. The second kappa shape index (κ2) is 9.97. The molecule has 1 aromatic heterocycles. The van der Waals surface area contributed by atoms with Crippen LogP contribution in [0.3, 0.4) is 0 Å². The summed E-state index contributed by atoms with van der Waals surface area (Å²) in [6, 6.07) is 28.7. The minimum atomic E-state index is -0.281. The summed E-state index contributed by atoms with van der Waals surface area (Å²) in [7, 11) is 1.63. The van der Waals surface area contributed by atoms with Crippen LogP contribution in [0.4, 0.5) is 5.69 Å². The Kier molecular flexibility index (Phi) is 6.42. The van der Waals surface area contributed by atoms with Crippen LogP contribution in [-0.4, -0.2) is 33.1 Å². The highest BCUT2D eigenvalue weighted by atomic mass is 32.1. The van der Waals surface area contributed by atoms with Crippen molar-refractivity contribution >= 4 is 40.0 Å². The number of hydrogen-bond acceptors (Lipinski definition) is 5. The van der Waals surface area contributed by atoms with Crippen molar-refractivity contribution in [2.24, 2.45) is 0 Å². The summed E-state index contributed by atoms with van der Waals surface area (Å²) in [6.45, 7) is 1.95. The van der Waals surface area contributed by atoms with E-state index in [1.54, 1.807) is 24.0 Å². The van der Waals surface area contributed by atoms with Gasteiger partial charge in [0.15, 0.2) is 5.11 Å². The number of aryl methyl sites for hydroxylation is 1. The fraction of sp³-hybridized carbons (Fsp3) is 0.0714. The number of aromatic nitrogens is 3. The van der Waals surface area contributed by atoms with Gasteiger partial charge in [-0.15, -0.1) is 10.2 Å². The number of nitrogens with zero attached hydrogens (tertiary/aromatic N) is 3. The number of hydrogen-bond donors (Lipinski definition) is 2. The molecule has 1 heterocycles. The SMILES string of the molecule is COc1ccc(-n2nc3cc(C)c(NC(=S)NC(=O)c4ccc(-c5ccccc5)cc4)cc3n2)cc1. The number of anilines is 1. The quantitative estimate of drug-likeness (QED) is 0.313. The number of thiocarbonyl (C=S) groups is 1. The third-order valence-corrected chi connectivity index (χ3v) is 5.96. The fourth-order valence-electron chi connectivity index (χ4n) is 3.81. The summed E-state index contributed by atoms with van der Waals surface area (Å²) in [4.78, 5) is 14.3.